The van der Waals surface area contributed by atoms with Crippen LogP contribution in [0.2, 0.25) is 10.0 Å². The van der Waals surface area contributed by atoms with Crippen molar-refractivity contribution in [3.63, 3.8) is 0 Å². The van der Waals surface area contributed by atoms with Crippen LogP contribution in [-0.2, 0) is 0 Å². The maximum atomic E-state index is 13.3. The summed E-state index contributed by atoms with van der Waals surface area (Å²) in [5, 5.41) is 18.2. The van der Waals surface area contributed by atoms with Gasteiger partial charge in [-0.1, -0.05) is 23.2 Å². The Balaban J connectivity index is 3.80. The zero-order valence-corrected chi connectivity index (χ0v) is 8.55. The minimum Gasteiger partial charge on any atom is -0.258 e. The number of hydrogen-bond acceptors (Lipinski definition) is 4. The van der Waals surface area contributed by atoms with E-state index < -0.39 is 42.9 Å². The SMILES string of the molecule is O=[N+]([O-])c1c(F)c([N+](=O)[O-])c(Cl)c(F)c1Cl. The lowest BCUT2D eigenvalue weighted by Gasteiger charge is -2.02. The number of nitro groups is 2. The highest BCUT2D eigenvalue weighted by Gasteiger charge is 2.36. The van der Waals surface area contributed by atoms with Crippen molar-refractivity contribution in [2.75, 3.05) is 0 Å². The van der Waals surface area contributed by atoms with Crippen LogP contribution in [-0.4, -0.2) is 9.85 Å². The molecule has 0 aliphatic heterocycles. The molecule has 1 aromatic carbocycles. The molecule has 0 heterocycles. The fourth-order valence-corrected chi connectivity index (χ4v) is 1.47. The van der Waals surface area contributed by atoms with E-state index in [0.29, 0.717) is 0 Å². The molecule has 0 saturated heterocycles. The molecule has 0 radical (unpaired) electrons. The van der Waals surface area contributed by atoms with Gasteiger partial charge in [0.25, 0.3) is 5.82 Å². The van der Waals surface area contributed by atoms with Gasteiger partial charge in [-0.05, 0) is 0 Å². The van der Waals surface area contributed by atoms with Gasteiger partial charge in [-0.3, -0.25) is 20.2 Å². The number of halogens is 4. The first-order valence-electron chi connectivity index (χ1n) is 3.43. The smallest absolute Gasteiger partial charge is 0.258 e. The van der Waals surface area contributed by atoms with Crippen LogP contribution in [0.25, 0.3) is 0 Å². The maximum absolute atomic E-state index is 13.3. The second-order valence-corrected chi connectivity index (χ2v) is 3.22. The Kier molecular flexibility index (Phi) is 3.24. The number of hydrogen-bond donors (Lipinski definition) is 0. The van der Waals surface area contributed by atoms with E-state index in [-0.39, 0.29) is 0 Å². The van der Waals surface area contributed by atoms with Crippen molar-refractivity contribution in [2.24, 2.45) is 0 Å². The van der Waals surface area contributed by atoms with Crippen molar-refractivity contribution >= 4 is 34.6 Å². The molecule has 10 heteroatoms. The fourth-order valence-electron chi connectivity index (χ4n) is 0.930. The standard InChI is InChI=1S/C6Cl2F2N2O4/c7-1-3(9)2(8)6(12(15)16)4(10)5(1)11(13)14. The Hall–Kier alpha value is -1.54. The van der Waals surface area contributed by atoms with Gasteiger partial charge in [0.2, 0.25) is 0 Å². The Labute approximate surface area is 95.7 Å². The minimum atomic E-state index is -1.88. The highest BCUT2D eigenvalue weighted by Crippen LogP contribution is 2.41. The molecule has 16 heavy (non-hydrogen) atoms. The van der Waals surface area contributed by atoms with Gasteiger partial charge in [0.15, 0.2) is 15.9 Å². The molecule has 0 fully saturated rings. The van der Waals surface area contributed by atoms with Crippen LogP contribution < -0.4 is 0 Å². The van der Waals surface area contributed by atoms with Crippen molar-refractivity contribution in [2.45, 2.75) is 0 Å². The van der Waals surface area contributed by atoms with Crippen molar-refractivity contribution in [1.29, 1.82) is 0 Å². The molecule has 86 valence electrons. The average molecular weight is 273 g/mol. The van der Waals surface area contributed by atoms with Gasteiger partial charge < -0.3 is 0 Å². The van der Waals surface area contributed by atoms with Crippen LogP contribution in [0, 0.1) is 31.9 Å². The van der Waals surface area contributed by atoms with Crippen LogP contribution in [0.3, 0.4) is 0 Å². The molecule has 0 N–H and O–H groups in total. The minimum absolute atomic E-state index is 1.21. The summed E-state index contributed by atoms with van der Waals surface area (Å²) in [5.74, 6) is -3.49. The van der Waals surface area contributed by atoms with Crippen LogP contribution >= 0.6 is 23.2 Å². The number of benzene rings is 1. The second-order valence-electron chi connectivity index (χ2n) is 2.47. The second kappa shape index (κ2) is 4.14. The third-order valence-corrected chi connectivity index (χ3v) is 2.27. The van der Waals surface area contributed by atoms with Crippen molar-refractivity contribution < 1.29 is 18.6 Å². The molecule has 0 amide bonds. The highest BCUT2D eigenvalue weighted by atomic mass is 35.5. The summed E-state index contributed by atoms with van der Waals surface area (Å²) in [7, 11) is 0. The quantitative estimate of drug-likeness (QED) is 0.358. The molecule has 0 unspecified atom stereocenters. The molecule has 6 nitrogen and oxygen atoms in total. The Morgan fingerprint density at radius 1 is 0.875 bits per heavy atom. The van der Waals surface area contributed by atoms with Crippen LogP contribution in [0.5, 0.6) is 0 Å². The van der Waals surface area contributed by atoms with Crippen molar-refractivity contribution in [3.05, 3.63) is 41.9 Å². The fraction of sp³-hybridized carbons (Fsp3) is 0. The predicted octanol–water partition coefficient (Wildman–Crippen LogP) is 3.09. The zero-order valence-electron chi connectivity index (χ0n) is 7.04. The predicted molar refractivity (Wildman–Crippen MR) is 49.7 cm³/mol. The molecular formula is C6Cl2F2N2O4. The number of rotatable bonds is 2. The zero-order chi connectivity index (χ0) is 12.6. The molecule has 0 aromatic heterocycles. The summed E-state index contributed by atoms with van der Waals surface area (Å²) >= 11 is 10.2. The molecule has 1 rings (SSSR count). The van der Waals surface area contributed by atoms with Gasteiger partial charge in [-0.25, -0.2) is 4.39 Å². The van der Waals surface area contributed by atoms with E-state index >= 15 is 0 Å². The maximum Gasteiger partial charge on any atom is 0.333 e. The van der Waals surface area contributed by atoms with Crippen LogP contribution in [0.15, 0.2) is 0 Å². The Morgan fingerprint density at radius 3 is 1.44 bits per heavy atom. The van der Waals surface area contributed by atoms with Gasteiger partial charge in [0.1, 0.15) is 0 Å². The first kappa shape index (κ1) is 12.5. The van der Waals surface area contributed by atoms with E-state index in [1.807, 2.05) is 0 Å². The Morgan fingerprint density at radius 2 is 1.19 bits per heavy atom. The van der Waals surface area contributed by atoms with E-state index in [9.17, 15) is 29.0 Å². The third-order valence-electron chi connectivity index (χ3n) is 1.58. The topological polar surface area (TPSA) is 86.3 Å². The summed E-state index contributed by atoms with van der Waals surface area (Å²) in [6.07, 6.45) is 0. The lowest BCUT2D eigenvalue weighted by molar-refractivity contribution is -0.399. The summed E-state index contributed by atoms with van der Waals surface area (Å²) in [5.41, 5.74) is -3.04. The lowest BCUT2D eigenvalue weighted by atomic mass is 10.2. The molecule has 1 aromatic rings. The number of nitro benzene ring substituents is 2. The van der Waals surface area contributed by atoms with Crippen LogP contribution in [0.4, 0.5) is 20.2 Å². The van der Waals surface area contributed by atoms with Crippen LogP contribution in [0.1, 0.15) is 0 Å². The van der Waals surface area contributed by atoms with Gasteiger partial charge in [-0.15, -0.1) is 0 Å². The molecule has 0 saturated carbocycles. The molecule has 0 aliphatic carbocycles. The largest absolute Gasteiger partial charge is 0.333 e. The first-order valence-corrected chi connectivity index (χ1v) is 4.19. The Bertz CT molecular complexity index is 467. The van der Waals surface area contributed by atoms with E-state index in [2.05, 4.69) is 0 Å². The summed E-state index contributed by atoms with van der Waals surface area (Å²) in [6.45, 7) is 0. The van der Waals surface area contributed by atoms with E-state index in [1.54, 1.807) is 0 Å². The normalized spacial score (nSPS) is 10.2. The summed E-state index contributed by atoms with van der Waals surface area (Å²) in [6, 6.07) is 0. The summed E-state index contributed by atoms with van der Waals surface area (Å²) in [4.78, 5) is 17.9. The van der Waals surface area contributed by atoms with E-state index in [4.69, 9.17) is 23.2 Å². The molecule has 0 atom stereocenters. The highest BCUT2D eigenvalue weighted by molar-refractivity contribution is 6.37. The molecule has 0 bridgehead atoms. The third kappa shape index (κ3) is 1.76. The summed E-state index contributed by atoms with van der Waals surface area (Å²) < 4.78 is 26.4. The number of nitrogens with zero attached hydrogens (tertiary/aromatic N) is 2. The molecular weight excluding hydrogens is 273 g/mol. The van der Waals surface area contributed by atoms with Gasteiger partial charge >= 0.3 is 11.4 Å². The van der Waals surface area contributed by atoms with Gasteiger partial charge in [0.05, 0.1) is 9.85 Å². The average Bonchev–Trinajstić information content (AvgIpc) is 2.13. The van der Waals surface area contributed by atoms with Crippen molar-refractivity contribution in [1.82, 2.24) is 0 Å². The van der Waals surface area contributed by atoms with Gasteiger partial charge in [0, 0.05) is 0 Å². The molecule has 0 spiro atoms. The van der Waals surface area contributed by atoms with Gasteiger partial charge in [-0.2, -0.15) is 4.39 Å². The van der Waals surface area contributed by atoms with Crippen molar-refractivity contribution in [3.8, 4) is 0 Å². The monoisotopic (exact) mass is 272 g/mol. The lowest BCUT2D eigenvalue weighted by Crippen LogP contribution is -2.02. The van der Waals surface area contributed by atoms with E-state index in [1.165, 1.54) is 0 Å². The molecule has 0 aliphatic rings. The van der Waals surface area contributed by atoms with E-state index in [0.717, 1.165) is 0 Å². The first-order chi connectivity index (χ1) is 7.29.